The van der Waals surface area contributed by atoms with Crippen LogP contribution in [0, 0.1) is 16.2 Å². The minimum absolute atomic E-state index is 0.250. The Balaban J connectivity index is 0.000000187. The number of hydrogen-bond donors (Lipinski definition) is 1. The molecule has 0 saturated carbocycles. The van der Waals surface area contributed by atoms with Crippen molar-refractivity contribution in [2.75, 3.05) is 0 Å². The maximum Gasteiger partial charge on any atom is 0.00366 e. The van der Waals surface area contributed by atoms with Crippen LogP contribution in [-0.4, -0.2) is 0 Å². The summed E-state index contributed by atoms with van der Waals surface area (Å²) in [6, 6.07) is 12.5. The molecule has 0 unspecified atom stereocenters. The number of rotatable bonds is 0. The van der Waals surface area contributed by atoms with Gasteiger partial charge in [-0.05, 0) is 6.07 Å². The molecule has 1 N–H and O–H groups in total. The van der Waals surface area contributed by atoms with E-state index in [4.69, 9.17) is 10.1 Å². The molecule has 0 heterocycles. The predicted octanol–water partition coefficient (Wildman–Crippen LogP) is -0.182. The molecule has 47 valence electrons. The van der Waals surface area contributed by atoms with E-state index in [1.807, 2.05) is 30.3 Å². The summed E-state index contributed by atoms with van der Waals surface area (Å²) >= 11 is 0. The second-order valence-electron chi connectivity index (χ2n) is 1.16. The molecule has 1 radical (unpaired) electrons. The van der Waals surface area contributed by atoms with Gasteiger partial charge in [0.25, 0.3) is 0 Å². The molecule has 9 heavy (non-hydrogen) atoms. The van der Waals surface area contributed by atoms with Crippen LogP contribution in [0.15, 0.2) is 30.3 Å². The first-order valence-electron chi connectivity index (χ1n) is 2.32. The fourth-order valence-electron chi connectivity index (χ4n) is 0.342. The summed E-state index contributed by atoms with van der Waals surface area (Å²) in [7, 11) is 0. The fraction of sp³-hybridized carbons (Fsp3) is 0. The van der Waals surface area contributed by atoms with Gasteiger partial charge in [-0.2, -0.15) is 0 Å². The summed E-state index contributed by atoms with van der Waals surface area (Å²) in [5, 5.41) is 8.38. The van der Waals surface area contributed by atoms with Crippen LogP contribution in [0.3, 0.4) is 0 Å². The van der Waals surface area contributed by atoms with Gasteiger partial charge < -0.3 is 0 Å². The largest absolute Gasteiger partial charge is 0.267 e. The standard InChI is InChI=1S/C6H5.HNO2/c1-2-4-6-5-3-1;2-1-3/h1-5H;1H. The fourth-order valence-corrected chi connectivity index (χ4v) is 0.342. The second kappa shape index (κ2) is 6.62. The van der Waals surface area contributed by atoms with Gasteiger partial charge in [0.05, 0.1) is 0 Å². The zero-order valence-corrected chi connectivity index (χ0v) is 4.70. The van der Waals surface area contributed by atoms with Crippen molar-refractivity contribution >= 4 is 0 Å². The van der Waals surface area contributed by atoms with Crippen LogP contribution in [0.25, 0.3) is 0 Å². The second-order valence-corrected chi connectivity index (χ2v) is 1.16. The Kier molecular flexibility index (Phi) is 5.60. The lowest BCUT2D eigenvalue weighted by Crippen LogP contribution is -2.53. The SMILES string of the molecule is O=[NH+][O-].[c]1ccccc1. The van der Waals surface area contributed by atoms with Crippen LogP contribution in [-0.2, 0) is 0 Å². The Labute approximate surface area is 52.9 Å². The van der Waals surface area contributed by atoms with Gasteiger partial charge >= 0.3 is 0 Å². The molecule has 0 saturated heterocycles. The summed E-state index contributed by atoms with van der Waals surface area (Å²) < 4.78 is 0. The lowest BCUT2D eigenvalue weighted by molar-refractivity contribution is -0.398. The van der Waals surface area contributed by atoms with Gasteiger partial charge in [-0.1, -0.05) is 30.3 Å². The van der Waals surface area contributed by atoms with E-state index >= 15 is 0 Å². The predicted molar refractivity (Wildman–Crippen MR) is 33.0 cm³/mol. The van der Waals surface area contributed by atoms with Gasteiger partial charge in [0.1, 0.15) is 0 Å². The van der Waals surface area contributed by atoms with Crippen molar-refractivity contribution in [2.45, 2.75) is 0 Å². The average molecular weight is 124 g/mol. The summed E-state index contributed by atoms with van der Waals surface area (Å²) in [4.78, 5) is 8.12. The molecular weight excluding hydrogens is 118 g/mol. The van der Waals surface area contributed by atoms with Crippen molar-refractivity contribution in [2.24, 2.45) is 0 Å². The Morgan fingerprint density at radius 3 is 1.78 bits per heavy atom. The van der Waals surface area contributed by atoms with Crippen LogP contribution < -0.4 is 5.34 Å². The highest BCUT2D eigenvalue weighted by molar-refractivity contribution is 4.97. The monoisotopic (exact) mass is 124 g/mol. The summed E-state index contributed by atoms with van der Waals surface area (Å²) in [5.74, 6) is 0. The van der Waals surface area contributed by atoms with E-state index in [1.54, 1.807) is 0 Å². The quantitative estimate of drug-likeness (QED) is 0.385. The zero-order valence-electron chi connectivity index (χ0n) is 4.70. The van der Waals surface area contributed by atoms with E-state index < -0.39 is 0 Å². The molecule has 0 fully saturated rings. The Morgan fingerprint density at radius 2 is 1.67 bits per heavy atom. The molecule has 1 aromatic carbocycles. The van der Waals surface area contributed by atoms with Crippen molar-refractivity contribution in [1.29, 1.82) is 0 Å². The Hall–Kier alpha value is -1.38. The van der Waals surface area contributed by atoms with Gasteiger partial charge in [0, 0.05) is 5.34 Å². The zero-order chi connectivity index (χ0) is 6.95. The van der Waals surface area contributed by atoms with Crippen molar-refractivity contribution in [1.82, 2.24) is 0 Å². The van der Waals surface area contributed by atoms with Crippen LogP contribution >= 0.6 is 0 Å². The van der Waals surface area contributed by atoms with Crippen LogP contribution in [0.4, 0.5) is 0 Å². The molecule has 0 atom stereocenters. The van der Waals surface area contributed by atoms with Crippen LogP contribution in [0.2, 0.25) is 0 Å². The van der Waals surface area contributed by atoms with Crippen LogP contribution in [0.5, 0.6) is 0 Å². The third-order valence-corrected chi connectivity index (χ3v) is 0.607. The van der Waals surface area contributed by atoms with Crippen molar-refractivity contribution < 1.29 is 5.34 Å². The smallest absolute Gasteiger partial charge is 0.00366 e. The number of benzene rings is 1. The molecule has 3 heteroatoms. The Bertz CT molecular complexity index is 114. The molecule has 1 aromatic rings. The van der Waals surface area contributed by atoms with Crippen molar-refractivity contribution in [3.05, 3.63) is 46.5 Å². The molecular formula is C6H6NO2. The van der Waals surface area contributed by atoms with E-state index in [0.717, 1.165) is 0 Å². The summed E-state index contributed by atoms with van der Waals surface area (Å²) in [6.45, 7) is 0. The van der Waals surface area contributed by atoms with E-state index in [1.165, 1.54) is 0 Å². The van der Waals surface area contributed by atoms with Gasteiger partial charge in [-0.15, -0.1) is 0 Å². The van der Waals surface area contributed by atoms with Gasteiger partial charge in [-0.3, -0.25) is 10.1 Å². The molecule has 3 nitrogen and oxygen atoms in total. The molecule has 1 rings (SSSR count). The Morgan fingerprint density at radius 1 is 1.22 bits per heavy atom. The number of nitrogens with one attached hydrogen (secondary N) is 1. The highest BCUT2D eigenvalue weighted by atomic mass is 16.6. The lowest BCUT2D eigenvalue weighted by atomic mass is 10.4. The van der Waals surface area contributed by atoms with Gasteiger partial charge in [0.2, 0.25) is 0 Å². The first-order chi connectivity index (χ1) is 4.41. The molecule has 0 aromatic heterocycles. The lowest BCUT2D eigenvalue weighted by Gasteiger charge is -1.68. The maximum atomic E-state index is 8.12. The van der Waals surface area contributed by atoms with Crippen LogP contribution in [0.1, 0.15) is 0 Å². The van der Waals surface area contributed by atoms with E-state index in [9.17, 15) is 0 Å². The van der Waals surface area contributed by atoms with E-state index in [2.05, 4.69) is 6.07 Å². The summed E-state index contributed by atoms with van der Waals surface area (Å²) in [6.07, 6.45) is 0. The maximum absolute atomic E-state index is 8.12. The molecule has 0 aliphatic rings. The minimum atomic E-state index is 0.250. The normalized spacial score (nSPS) is 6.67. The van der Waals surface area contributed by atoms with E-state index in [0.29, 0.717) is 0 Å². The molecule has 0 bridgehead atoms. The first-order valence-corrected chi connectivity index (χ1v) is 2.32. The highest BCUT2D eigenvalue weighted by Gasteiger charge is 1.58. The highest BCUT2D eigenvalue weighted by Crippen LogP contribution is 1.78. The molecule has 0 spiro atoms. The third-order valence-electron chi connectivity index (χ3n) is 0.607. The topological polar surface area (TPSA) is 54.1 Å². The van der Waals surface area contributed by atoms with Gasteiger partial charge in [-0.25, -0.2) is 0 Å². The van der Waals surface area contributed by atoms with Gasteiger partial charge in [0.15, 0.2) is 0 Å². The summed E-state index contributed by atoms with van der Waals surface area (Å²) in [5.41, 5.74) is 0. The average Bonchev–Trinajstić information content (AvgIpc) is 1.93. The van der Waals surface area contributed by atoms with E-state index in [-0.39, 0.29) is 5.34 Å². The molecule has 0 aliphatic heterocycles. The number of hydrogen-bond acceptors (Lipinski definition) is 2. The first kappa shape index (κ1) is 7.62. The van der Waals surface area contributed by atoms with Crippen molar-refractivity contribution in [3.8, 4) is 0 Å². The van der Waals surface area contributed by atoms with Crippen molar-refractivity contribution in [3.63, 3.8) is 0 Å². The molecule has 0 amide bonds. The third kappa shape index (κ3) is 6.62. The molecule has 0 aliphatic carbocycles. The minimum Gasteiger partial charge on any atom is -0.267 e.